The van der Waals surface area contributed by atoms with E-state index in [1.807, 2.05) is 6.92 Å². The zero-order valence-corrected chi connectivity index (χ0v) is 12.6. The Morgan fingerprint density at radius 2 is 1.80 bits per heavy atom. The first-order valence-electron chi connectivity index (χ1n) is 6.90. The molecule has 1 atom stereocenters. The molecule has 0 aliphatic heterocycles. The Morgan fingerprint density at radius 3 is 2.35 bits per heavy atom. The number of halogens is 2. The lowest BCUT2D eigenvalue weighted by atomic mass is 10.0. The van der Waals surface area contributed by atoms with Crippen molar-refractivity contribution in [3.8, 4) is 0 Å². The van der Waals surface area contributed by atoms with Gasteiger partial charge in [-0.15, -0.1) is 11.3 Å². The highest BCUT2D eigenvalue weighted by molar-refractivity contribution is 7.12. The topological polar surface area (TPSA) is 12.0 Å². The fourth-order valence-electron chi connectivity index (χ4n) is 2.22. The van der Waals surface area contributed by atoms with Gasteiger partial charge in [-0.2, -0.15) is 0 Å². The van der Waals surface area contributed by atoms with Crippen molar-refractivity contribution >= 4 is 11.3 Å². The minimum absolute atomic E-state index is 0.0447. The van der Waals surface area contributed by atoms with Gasteiger partial charge in [-0.25, -0.2) is 8.78 Å². The van der Waals surface area contributed by atoms with Crippen LogP contribution < -0.4 is 5.32 Å². The first kappa shape index (κ1) is 15.1. The fraction of sp³-hybridized carbons (Fsp3) is 0.375. The van der Waals surface area contributed by atoms with Crippen LogP contribution in [-0.2, 0) is 12.8 Å². The molecule has 1 aromatic carbocycles. The van der Waals surface area contributed by atoms with Crippen molar-refractivity contribution in [1.29, 1.82) is 0 Å². The van der Waals surface area contributed by atoms with Crippen molar-refractivity contribution in [2.75, 3.05) is 6.54 Å². The summed E-state index contributed by atoms with van der Waals surface area (Å²) >= 11 is 1.70. The maximum atomic E-state index is 13.8. The molecule has 1 heterocycles. The van der Waals surface area contributed by atoms with E-state index in [-0.39, 0.29) is 11.6 Å². The second kappa shape index (κ2) is 6.95. The summed E-state index contributed by atoms with van der Waals surface area (Å²) in [6, 6.07) is 8.12. The second-order valence-corrected chi connectivity index (χ2v) is 5.87. The molecule has 0 fully saturated rings. The third-order valence-electron chi connectivity index (χ3n) is 3.29. The molecule has 2 rings (SSSR count). The molecular weight excluding hydrogens is 276 g/mol. The number of aryl methyl sites for hydroxylation is 1. The zero-order chi connectivity index (χ0) is 14.5. The van der Waals surface area contributed by atoms with Crippen LogP contribution >= 0.6 is 11.3 Å². The maximum absolute atomic E-state index is 13.8. The summed E-state index contributed by atoms with van der Waals surface area (Å²) in [4.78, 5) is 2.42. The van der Waals surface area contributed by atoms with Crippen molar-refractivity contribution in [1.82, 2.24) is 5.32 Å². The second-order valence-electron chi connectivity index (χ2n) is 4.67. The molecule has 0 amide bonds. The van der Waals surface area contributed by atoms with Gasteiger partial charge in [-0.05, 0) is 43.7 Å². The van der Waals surface area contributed by atoms with Gasteiger partial charge in [-0.3, -0.25) is 0 Å². The molecule has 20 heavy (non-hydrogen) atoms. The average molecular weight is 295 g/mol. The summed E-state index contributed by atoms with van der Waals surface area (Å²) in [6.07, 6.45) is 1.31. The first-order chi connectivity index (χ1) is 9.65. The molecule has 0 spiro atoms. The van der Waals surface area contributed by atoms with Crippen LogP contribution in [0, 0.1) is 11.6 Å². The van der Waals surface area contributed by atoms with E-state index < -0.39 is 11.6 Å². The highest BCUT2D eigenvalue weighted by Crippen LogP contribution is 2.28. The van der Waals surface area contributed by atoms with Gasteiger partial charge in [0.05, 0.1) is 0 Å². The Bertz CT molecular complexity index is 545. The van der Waals surface area contributed by atoms with Crippen molar-refractivity contribution in [3.63, 3.8) is 0 Å². The Balaban J connectivity index is 2.25. The molecule has 0 bridgehead atoms. The molecular formula is C16H19F2NS. The molecule has 0 saturated heterocycles. The Labute approximate surface area is 122 Å². The van der Waals surface area contributed by atoms with Gasteiger partial charge in [0.2, 0.25) is 0 Å². The number of rotatable bonds is 6. The van der Waals surface area contributed by atoms with Crippen molar-refractivity contribution < 1.29 is 8.78 Å². The van der Waals surface area contributed by atoms with Gasteiger partial charge < -0.3 is 5.32 Å². The van der Waals surface area contributed by atoms with E-state index >= 15 is 0 Å². The van der Waals surface area contributed by atoms with Gasteiger partial charge in [-0.1, -0.05) is 19.9 Å². The number of benzene rings is 1. The van der Waals surface area contributed by atoms with Crippen LogP contribution in [-0.4, -0.2) is 6.54 Å². The lowest BCUT2D eigenvalue weighted by Crippen LogP contribution is -2.23. The number of hydrogen-bond donors (Lipinski definition) is 1. The van der Waals surface area contributed by atoms with E-state index in [2.05, 4.69) is 24.4 Å². The average Bonchev–Trinajstić information content (AvgIpc) is 2.90. The minimum Gasteiger partial charge on any atom is -0.309 e. The minimum atomic E-state index is -0.472. The van der Waals surface area contributed by atoms with E-state index in [4.69, 9.17) is 0 Å². The quantitative estimate of drug-likeness (QED) is 0.828. The van der Waals surface area contributed by atoms with Crippen LogP contribution in [0.15, 0.2) is 30.3 Å². The molecule has 0 aliphatic rings. The summed E-state index contributed by atoms with van der Waals surface area (Å²) < 4.78 is 27.5. The van der Waals surface area contributed by atoms with Crippen LogP contribution in [0.5, 0.6) is 0 Å². The molecule has 0 radical (unpaired) electrons. The summed E-state index contributed by atoms with van der Waals surface area (Å²) in [5, 5.41) is 3.32. The molecule has 1 aromatic heterocycles. The van der Waals surface area contributed by atoms with E-state index in [0.29, 0.717) is 6.42 Å². The molecule has 0 saturated carbocycles. The number of nitrogens with one attached hydrogen (secondary N) is 1. The molecule has 0 aliphatic carbocycles. The van der Waals surface area contributed by atoms with E-state index in [1.165, 1.54) is 23.1 Å². The predicted octanol–water partition coefficient (Wildman–Crippen LogP) is 4.48. The molecule has 2 aromatic rings. The Morgan fingerprint density at radius 1 is 1.10 bits per heavy atom. The summed E-state index contributed by atoms with van der Waals surface area (Å²) in [6.45, 7) is 4.87. The van der Waals surface area contributed by atoms with Crippen molar-refractivity contribution in [2.24, 2.45) is 0 Å². The molecule has 1 unspecified atom stereocenters. The lowest BCUT2D eigenvalue weighted by Gasteiger charge is -2.17. The van der Waals surface area contributed by atoms with E-state index in [1.54, 1.807) is 11.3 Å². The Hall–Kier alpha value is -1.26. The van der Waals surface area contributed by atoms with Gasteiger partial charge >= 0.3 is 0 Å². The smallest absolute Gasteiger partial charge is 0.129 e. The summed E-state index contributed by atoms with van der Waals surface area (Å²) in [5.74, 6) is -0.944. The largest absolute Gasteiger partial charge is 0.309 e. The molecule has 108 valence electrons. The highest BCUT2D eigenvalue weighted by atomic mass is 32.1. The molecule has 1 nitrogen and oxygen atoms in total. The maximum Gasteiger partial charge on any atom is 0.129 e. The lowest BCUT2D eigenvalue weighted by molar-refractivity contribution is 0.503. The third kappa shape index (κ3) is 3.44. The first-order valence-corrected chi connectivity index (χ1v) is 7.72. The van der Waals surface area contributed by atoms with Crippen LogP contribution in [0.1, 0.15) is 35.2 Å². The number of thiophene rings is 1. The van der Waals surface area contributed by atoms with Gasteiger partial charge in [0.25, 0.3) is 0 Å². The third-order valence-corrected chi connectivity index (χ3v) is 4.64. The van der Waals surface area contributed by atoms with Crippen LogP contribution in [0.3, 0.4) is 0 Å². The van der Waals surface area contributed by atoms with E-state index in [9.17, 15) is 8.78 Å². The van der Waals surface area contributed by atoms with Crippen LogP contribution in [0.4, 0.5) is 8.78 Å². The molecule has 1 N–H and O–H groups in total. The van der Waals surface area contributed by atoms with Gasteiger partial charge in [0, 0.05) is 21.4 Å². The fourth-order valence-corrected chi connectivity index (χ4v) is 3.25. The van der Waals surface area contributed by atoms with Crippen LogP contribution in [0.25, 0.3) is 0 Å². The van der Waals surface area contributed by atoms with Gasteiger partial charge in [0.15, 0.2) is 0 Å². The monoisotopic (exact) mass is 295 g/mol. The van der Waals surface area contributed by atoms with Crippen molar-refractivity contribution in [2.45, 2.75) is 32.7 Å². The normalized spacial score (nSPS) is 12.6. The SMILES string of the molecule is CCNC(Cc1c(F)cccc1F)c1ccc(CC)s1. The standard InChI is InChI=1S/C16H19F2NS/c1-3-11-8-9-16(20-11)15(19-4-2)10-12-13(17)6-5-7-14(12)18/h5-9,15,19H,3-4,10H2,1-2H3. The highest BCUT2D eigenvalue weighted by Gasteiger charge is 2.18. The molecule has 4 heteroatoms. The van der Waals surface area contributed by atoms with E-state index in [0.717, 1.165) is 17.8 Å². The zero-order valence-electron chi connectivity index (χ0n) is 11.7. The summed E-state index contributed by atoms with van der Waals surface area (Å²) in [7, 11) is 0. The summed E-state index contributed by atoms with van der Waals surface area (Å²) in [5.41, 5.74) is 0.157. The Kier molecular flexibility index (Phi) is 5.26. The number of likely N-dealkylation sites (N-methyl/N-ethyl adjacent to an activating group) is 1. The van der Waals surface area contributed by atoms with Gasteiger partial charge in [0.1, 0.15) is 11.6 Å². The van der Waals surface area contributed by atoms with Crippen molar-refractivity contribution in [3.05, 3.63) is 57.3 Å². The van der Waals surface area contributed by atoms with Crippen LogP contribution in [0.2, 0.25) is 0 Å². The number of hydrogen-bond acceptors (Lipinski definition) is 2. The predicted molar refractivity (Wildman–Crippen MR) is 80.2 cm³/mol.